The molecule has 7 nitrogen and oxygen atoms in total. The fraction of sp³-hybridized carbons (Fsp3) is 0.615. The van der Waals surface area contributed by atoms with Crippen LogP contribution in [-0.2, 0) is 17.9 Å². The zero-order valence-corrected chi connectivity index (χ0v) is 12.1. The number of carbonyl (C=O) groups is 2. The topological polar surface area (TPSA) is 93.2 Å². The van der Waals surface area contributed by atoms with Gasteiger partial charge in [0.25, 0.3) is 5.91 Å². The van der Waals surface area contributed by atoms with Gasteiger partial charge in [0.1, 0.15) is 5.69 Å². The molecule has 20 heavy (non-hydrogen) atoms. The molecule has 1 aromatic rings. The predicted molar refractivity (Wildman–Crippen MR) is 73.9 cm³/mol. The number of rotatable bonds is 1. The second-order valence-corrected chi connectivity index (χ2v) is 5.22. The Morgan fingerprint density at radius 3 is 2.65 bits per heavy atom. The number of nitrogens with one attached hydrogen (secondary N) is 1. The van der Waals surface area contributed by atoms with Crippen molar-refractivity contribution in [2.24, 2.45) is 5.73 Å². The molecular weight excluding hydrogens is 258 g/mol. The molecule has 2 aliphatic heterocycles. The smallest absolute Gasteiger partial charge is 0.269 e. The molecule has 0 aromatic carbocycles. The Labute approximate surface area is 118 Å². The standard InChI is InChI=1S/C11H15N5O2.C2H6/c1-15-4-7-2-8(10(12)18)14-16(7)6-11(5-15)3-9(17)13-11;1-2/h2H,3-6H2,1H3,(H2,12,18)(H,13,17);1-2H3. The van der Waals surface area contributed by atoms with E-state index in [2.05, 4.69) is 15.3 Å². The lowest BCUT2D eigenvalue weighted by molar-refractivity contribution is -0.134. The molecule has 110 valence electrons. The van der Waals surface area contributed by atoms with Gasteiger partial charge >= 0.3 is 0 Å². The van der Waals surface area contributed by atoms with Gasteiger partial charge in [0.2, 0.25) is 5.91 Å². The van der Waals surface area contributed by atoms with Gasteiger partial charge in [0.15, 0.2) is 0 Å². The Balaban J connectivity index is 0.000000704. The van der Waals surface area contributed by atoms with Crippen LogP contribution in [0.25, 0.3) is 0 Å². The molecule has 3 N–H and O–H groups in total. The molecular formula is C13H21N5O2. The minimum Gasteiger partial charge on any atom is -0.364 e. The van der Waals surface area contributed by atoms with E-state index >= 15 is 0 Å². The minimum absolute atomic E-state index is 0.0640. The maximum absolute atomic E-state index is 11.2. The van der Waals surface area contributed by atoms with Crippen LogP contribution in [0.4, 0.5) is 0 Å². The molecule has 3 heterocycles. The van der Waals surface area contributed by atoms with Gasteiger partial charge in [0.05, 0.1) is 24.2 Å². The molecule has 0 radical (unpaired) electrons. The average Bonchev–Trinajstić information content (AvgIpc) is 2.67. The summed E-state index contributed by atoms with van der Waals surface area (Å²) in [5, 5.41) is 7.16. The lowest BCUT2D eigenvalue weighted by Crippen LogP contribution is -2.66. The molecule has 2 amide bonds. The normalized spacial score (nSPS) is 24.9. The summed E-state index contributed by atoms with van der Waals surface area (Å²) in [6, 6.07) is 1.72. The summed E-state index contributed by atoms with van der Waals surface area (Å²) >= 11 is 0. The summed E-state index contributed by atoms with van der Waals surface area (Å²) < 4.78 is 1.78. The summed E-state index contributed by atoms with van der Waals surface area (Å²) in [6.07, 6.45) is 0.503. The monoisotopic (exact) mass is 279 g/mol. The molecule has 3 rings (SSSR count). The van der Waals surface area contributed by atoms with Gasteiger partial charge in [-0.1, -0.05) is 13.8 Å². The zero-order chi connectivity index (χ0) is 14.9. The van der Waals surface area contributed by atoms with E-state index in [1.807, 2.05) is 20.9 Å². The van der Waals surface area contributed by atoms with Crippen LogP contribution in [0.15, 0.2) is 6.07 Å². The first-order valence-electron chi connectivity index (χ1n) is 6.84. The molecule has 0 bridgehead atoms. The Hall–Kier alpha value is -1.89. The number of fused-ring (bicyclic) bond motifs is 1. The van der Waals surface area contributed by atoms with Gasteiger partial charge in [-0.3, -0.25) is 19.2 Å². The Kier molecular flexibility index (Phi) is 3.80. The van der Waals surface area contributed by atoms with Crippen molar-refractivity contribution in [2.75, 3.05) is 13.6 Å². The number of nitrogens with two attached hydrogens (primary N) is 1. The Morgan fingerprint density at radius 2 is 2.10 bits per heavy atom. The third kappa shape index (κ3) is 2.53. The summed E-state index contributed by atoms with van der Waals surface area (Å²) in [6.45, 7) is 6.07. The number of β-lactam (4-membered cyclic amide) rings is 1. The second-order valence-electron chi connectivity index (χ2n) is 5.22. The fourth-order valence-corrected chi connectivity index (χ4v) is 2.80. The largest absolute Gasteiger partial charge is 0.364 e. The number of amides is 2. The summed E-state index contributed by atoms with van der Waals surface area (Å²) in [7, 11) is 1.98. The van der Waals surface area contributed by atoms with Crippen molar-refractivity contribution in [1.29, 1.82) is 0 Å². The molecule has 7 heteroatoms. The van der Waals surface area contributed by atoms with Gasteiger partial charge in [0, 0.05) is 13.1 Å². The van der Waals surface area contributed by atoms with E-state index < -0.39 is 5.91 Å². The number of hydrogen-bond donors (Lipinski definition) is 2. The van der Waals surface area contributed by atoms with Crippen LogP contribution < -0.4 is 11.1 Å². The average molecular weight is 279 g/mol. The highest BCUT2D eigenvalue weighted by atomic mass is 16.2. The Morgan fingerprint density at radius 1 is 1.45 bits per heavy atom. The first-order chi connectivity index (χ1) is 9.47. The molecule has 1 atom stereocenters. The molecule has 0 aliphatic carbocycles. The number of primary amides is 1. The van der Waals surface area contributed by atoms with E-state index in [0.29, 0.717) is 19.5 Å². The highest BCUT2D eigenvalue weighted by Crippen LogP contribution is 2.27. The van der Waals surface area contributed by atoms with E-state index in [1.54, 1.807) is 10.7 Å². The quantitative estimate of drug-likeness (QED) is 0.691. The van der Waals surface area contributed by atoms with Crippen molar-refractivity contribution in [3.05, 3.63) is 17.5 Å². The molecule has 1 aromatic heterocycles. The van der Waals surface area contributed by atoms with Gasteiger partial charge in [-0.05, 0) is 13.1 Å². The Bertz CT molecular complexity index is 529. The van der Waals surface area contributed by atoms with E-state index in [4.69, 9.17) is 5.73 Å². The van der Waals surface area contributed by atoms with E-state index in [0.717, 1.165) is 12.2 Å². The van der Waals surface area contributed by atoms with Gasteiger partial charge < -0.3 is 11.1 Å². The van der Waals surface area contributed by atoms with Crippen molar-refractivity contribution in [2.45, 2.75) is 38.9 Å². The van der Waals surface area contributed by atoms with E-state index in [1.165, 1.54) is 0 Å². The van der Waals surface area contributed by atoms with Crippen molar-refractivity contribution >= 4 is 11.8 Å². The first-order valence-corrected chi connectivity index (χ1v) is 6.84. The molecule has 0 saturated carbocycles. The number of hydrogen-bond acceptors (Lipinski definition) is 4. The lowest BCUT2D eigenvalue weighted by Gasteiger charge is -2.42. The van der Waals surface area contributed by atoms with Crippen LogP contribution >= 0.6 is 0 Å². The van der Waals surface area contributed by atoms with Crippen LogP contribution in [0.3, 0.4) is 0 Å². The summed E-state index contributed by atoms with van der Waals surface area (Å²) in [5.41, 5.74) is 6.21. The number of aromatic nitrogens is 2. The summed E-state index contributed by atoms with van der Waals surface area (Å²) in [5.74, 6) is -0.459. The van der Waals surface area contributed by atoms with Crippen LogP contribution in [0.1, 0.15) is 36.5 Å². The number of nitrogens with zero attached hydrogens (tertiary/aromatic N) is 3. The third-order valence-corrected chi connectivity index (χ3v) is 3.48. The minimum atomic E-state index is -0.523. The van der Waals surface area contributed by atoms with Crippen LogP contribution in [0, 0.1) is 0 Å². The fourth-order valence-electron chi connectivity index (χ4n) is 2.80. The predicted octanol–water partition coefficient (Wildman–Crippen LogP) is -0.288. The lowest BCUT2D eigenvalue weighted by atomic mass is 9.86. The number of carbonyl (C=O) groups excluding carboxylic acids is 2. The van der Waals surface area contributed by atoms with Gasteiger partial charge in [-0.15, -0.1) is 0 Å². The molecule has 1 unspecified atom stereocenters. The van der Waals surface area contributed by atoms with Gasteiger partial charge in [-0.2, -0.15) is 5.10 Å². The second kappa shape index (κ2) is 5.24. The number of likely N-dealkylation sites (N-methyl/N-ethyl adjacent to an activating group) is 1. The van der Waals surface area contributed by atoms with Crippen molar-refractivity contribution in [3.63, 3.8) is 0 Å². The maximum atomic E-state index is 11.2. The first kappa shape index (κ1) is 14.5. The van der Waals surface area contributed by atoms with Gasteiger partial charge in [-0.25, -0.2) is 0 Å². The maximum Gasteiger partial charge on any atom is 0.269 e. The van der Waals surface area contributed by atoms with Crippen molar-refractivity contribution in [1.82, 2.24) is 20.0 Å². The van der Waals surface area contributed by atoms with Crippen LogP contribution in [0.2, 0.25) is 0 Å². The SMILES string of the molecule is CC.CN1Cc2cc(C(N)=O)nn2CC2(CC(=O)N2)C1. The molecule has 2 aliphatic rings. The van der Waals surface area contributed by atoms with Crippen LogP contribution in [-0.4, -0.2) is 45.6 Å². The third-order valence-electron chi connectivity index (χ3n) is 3.48. The van der Waals surface area contributed by atoms with Crippen molar-refractivity contribution in [3.8, 4) is 0 Å². The highest BCUT2D eigenvalue weighted by Gasteiger charge is 2.45. The molecule has 1 saturated heterocycles. The summed E-state index contributed by atoms with van der Waals surface area (Å²) in [4.78, 5) is 24.4. The van der Waals surface area contributed by atoms with Crippen LogP contribution in [0.5, 0.6) is 0 Å². The molecule has 1 fully saturated rings. The highest BCUT2D eigenvalue weighted by molar-refractivity contribution is 5.90. The zero-order valence-electron chi connectivity index (χ0n) is 12.1. The molecule has 1 spiro atoms. The van der Waals surface area contributed by atoms with E-state index in [9.17, 15) is 9.59 Å². The van der Waals surface area contributed by atoms with E-state index in [-0.39, 0.29) is 17.1 Å². The van der Waals surface area contributed by atoms with Crippen molar-refractivity contribution < 1.29 is 9.59 Å².